The van der Waals surface area contributed by atoms with Crippen molar-refractivity contribution < 1.29 is 22.7 Å². The fourth-order valence-electron chi connectivity index (χ4n) is 4.86. The predicted octanol–water partition coefficient (Wildman–Crippen LogP) is 3.02. The van der Waals surface area contributed by atoms with E-state index in [1.54, 1.807) is 24.3 Å². The zero-order valence-corrected chi connectivity index (χ0v) is 19.4. The number of ether oxygens (including phenoxy) is 2. The van der Waals surface area contributed by atoms with Gasteiger partial charge in [-0.15, -0.1) is 0 Å². The second-order valence-electron chi connectivity index (χ2n) is 8.72. The van der Waals surface area contributed by atoms with Crippen LogP contribution in [-0.2, 0) is 14.8 Å². The molecule has 8 nitrogen and oxygen atoms in total. The van der Waals surface area contributed by atoms with Crippen LogP contribution in [0.15, 0.2) is 47.4 Å². The number of anilines is 1. The molecule has 3 aliphatic heterocycles. The van der Waals surface area contributed by atoms with Crippen LogP contribution in [0.4, 0.5) is 5.69 Å². The monoisotopic (exact) mass is 471 g/mol. The van der Waals surface area contributed by atoms with Crippen LogP contribution in [0.2, 0.25) is 0 Å². The minimum atomic E-state index is -3.52. The zero-order chi connectivity index (χ0) is 22.8. The molecule has 0 aliphatic carbocycles. The van der Waals surface area contributed by atoms with E-state index in [0.717, 1.165) is 49.3 Å². The van der Waals surface area contributed by atoms with E-state index in [4.69, 9.17) is 9.47 Å². The van der Waals surface area contributed by atoms with Gasteiger partial charge in [-0.25, -0.2) is 8.42 Å². The molecule has 0 aromatic heterocycles. The fourth-order valence-corrected chi connectivity index (χ4v) is 6.42. The molecule has 1 amide bonds. The van der Waals surface area contributed by atoms with Crippen molar-refractivity contribution in [3.05, 3.63) is 48.0 Å². The number of hydrogen-bond acceptors (Lipinski definition) is 6. The van der Waals surface area contributed by atoms with Crippen molar-refractivity contribution in [2.24, 2.45) is 0 Å². The number of sulfonamides is 1. The Bertz CT molecular complexity index is 1130. The topological polar surface area (TPSA) is 88.2 Å². The van der Waals surface area contributed by atoms with E-state index in [-0.39, 0.29) is 23.4 Å². The maximum Gasteiger partial charge on any atom is 0.243 e. The molecule has 0 radical (unpaired) electrons. The predicted molar refractivity (Wildman–Crippen MR) is 124 cm³/mol. The van der Waals surface area contributed by atoms with Crippen LogP contribution < -0.4 is 14.8 Å². The number of carbonyl (C=O) groups excluding carboxylic acids is 1. The Kier molecular flexibility index (Phi) is 6.27. The lowest BCUT2D eigenvalue weighted by Gasteiger charge is -2.26. The summed E-state index contributed by atoms with van der Waals surface area (Å²) < 4.78 is 38.5. The smallest absolute Gasteiger partial charge is 0.243 e. The fraction of sp³-hybridized carbons (Fsp3) is 0.458. The van der Waals surface area contributed by atoms with Crippen LogP contribution >= 0.6 is 0 Å². The van der Waals surface area contributed by atoms with Crippen molar-refractivity contribution in [3.63, 3.8) is 0 Å². The van der Waals surface area contributed by atoms with Gasteiger partial charge in [0, 0.05) is 24.8 Å². The largest absolute Gasteiger partial charge is 0.486 e. The molecule has 0 unspecified atom stereocenters. The number of fused-ring (bicyclic) bond motifs is 1. The minimum Gasteiger partial charge on any atom is -0.486 e. The lowest BCUT2D eigenvalue weighted by atomic mass is 10.0. The van der Waals surface area contributed by atoms with E-state index < -0.39 is 10.0 Å². The standard InChI is InChI=1S/C24H29N3O5S/c28-24(25-19-5-3-6-20(16-19)33(29,30)27-11-1-2-12-27)17-26-10-4-7-21(26)18-8-9-22-23(15-18)32-14-13-31-22/h3,5-6,8-9,15-16,21H,1-2,4,7,10-14,17H2,(H,25,28)/t21-/m1/s1. The Morgan fingerprint density at radius 1 is 0.970 bits per heavy atom. The molecule has 2 fully saturated rings. The Hall–Kier alpha value is -2.62. The van der Waals surface area contributed by atoms with Crippen LogP contribution in [0, 0.1) is 0 Å². The van der Waals surface area contributed by atoms with Gasteiger partial charge in [0.1, 0.15) is 13.2 Å². The first kappa shape index (κ1) is 22.2. The highest BCUT2D eigenvalue weighted by Crippen LogP contribution is 2.38. The van der Waals surface area contributed by atoms with Crippen molar-refractivity contribution in [3.8, 4) is 11.5 Å². The molecule has 0 bridgehead atoms. The van der Waals surface area contributed by atoms with Gasteiger partial charge in [0.15, 0.2) is 11.5 Å². The number of rotatable bonds is 6. The molecular formula is C24H29N3O5S. The second kappa shape index (κ2) is 9.32. The van der Waals surface area contributed by atoms with Crippen LogP contribution in [-0.4, -0.2) is 62.9 Å². The summed E-state index contributed by atoms with van der Waals surface area (Å²) >= 11 is 0. The molecule has 0 spiro atoms. The normalized spacial score (nSPS) is 21.3. The lowest BCUT2D eigenvalue weighted by molar-refractivity contribution is -0.117. The summed E-state index contributed by atoms with van der Waals surface area (Å²) in [6.07, 6.45) is 3.75. The number of amides is 1. The summed E-state index contributed by atoms with van der Waals surface area (Å²) in [5, 5.41) is 2.89. The van der Waals surface area contributed by atoms with Crippen molar-refractivity contribution in [1.29, 1.82) is 0 Å². The van der Waals surface area contributed by atoms with Gasteiger partial charge < -0.3 is 14.8 Å². The van der Waals surface area contributed by atoms with Crippen LogP contribution in [0.25, 0.3) is 0 Å². The first-order valence-corrected chi connectivity index (χ1v) is 13.0. The Morgan fingerprint density at radius 2 is 1.76 bits per heavy atom. The highest BCUT2D eigenvalue weighted by Gasteiger charge is 2.30. The van der Waals surface area contributed by atoms with Crippen LogP contribution in [0.5, 0.6) is 11.5 Å². The molecule has 33 heavy (non-hydrogen) atoms. The van der Waals surface area contributed by atoms with Crippen molar-refractivity contribution in [2.75, 3.05) is 44.7 Å². The highest BCUT2D eigenvalue weighted by atomic mass is 32.2. The van der Waals surface area contributed by atoms with Gasteiger partial charge in [-0.1, -0.05) is 12.1 Å². The van der Waals surface area contributed by atoms with Gasteiger partial charge in [-0.3, -0.25) is 9.69 Å². The molecule has 176 valence electrons. The Balaban J connectivity index is 1.25. The molecular weight excluding hydrogens is 442 g/mol. The number of likely N-dealkylation sites (tertiary alicyclic amines) is 1. The zero-order valence-electron chi connectivity index (χ0n) is 18.5. The lowest BCUT2D eigenvalue weighted by Crippen LogP contribution is -2.33. The van der Waals surface area contributed by atoms with Crippen LogP contribution in [0.3, 0.4) is 0 Å². The molecule has 9 heteroatoms. The molecule has 0 saturated carbocycles. The third-order valence-corrected chi connectivity index (χ3v) is 8.38. The van der Waals surface area contributed by atoms with Gasteiger partial charge >= 0.3 is 0 Å². The number of carbonyl (C=O) groups is 1. The van der Waals surface area contributed by atoms with Crippen molar-refractivity contribution >= 4 is 21.6 Å². The average Bonchev–Trinajstić information content (AvgIpc) is 3.52. The quantitative estimate of drug-likeness (QED) is 0.697. The maximum atomic E-state index is 12.8. The molecule has 1 N–H and O–H groups in total. The summed E-state index contributed by atoms with van der Waals surface area (Å²) in [5.41, 5.74) is 1.61. The second-order valence-corrected chi connectivity index (χ2v) is 10.7. The van der Waals surface area contributed by atoms with E-state index in [2.05, 4.69) is 10.2 Å². The first-order valence-electron chi connectivity index (χ1n) is 11.5. The van der Waals surface area contributed by atoms with Gasteiger partial charge in [-0.2, -0.15) is 4.31 Å². The average molecular weight is 472 g/mol. The van der Waals surface area contributed by atoms with Gasteiger partial charge in [0.2, 0.25) is 15.9 Å². The van der Waals surface area contributed by atoms with E-state index in [1.807, 2.05) is 18.2 Å². The number of nitrogens with one attached hydrogen (secondary N) is 1. The summed E-state index contributed by atoms with van der Waals surface area (Å²) in [6, 6.07) is 12.7. The van der Waals surface area contributed by atoms with E-state index in [0.29, 0.717) is 32.0 Å². The molecule has 2 saturated heterocycles. The molecule has 5 rings (SSSR count). The summed E-state index contributed by atoms with van der Waals surface area (Å²) in [4.78, 5) is 15.2. The van der Waals surface area contributed by atoms with Gasteiger partial charge in [0.25, 0.3) is 0 Å². The molecule has 1 atom stereocenters. The van der Waals surface area contributed by atoms with Gasteiger partial charge in [-0.05, 0) is 68.1 Å². The Labute approximate surface area is 194 Å². The Morgan fingerprint density at radius 3 is 2.58 bits per heavy atom. The molecule has 2 aromatic carbocycles. The molecule has 3 heterocycles. The number of hydrogen-bond donors (Lipinski definition) is 1. The highest BCUT2D eigenvalue weighted by molar-refractivity contribution is 7.89. The SMILES string of the molecule is O=C(CN1CCC[C@@H]1c1ccc2c(c1)OCCO2)Nc1cccc(S(=O)(=O)N2CCCC2)c1. The number of nitrogens with zero attached hydrogens (tertiary/aromatic N) is 2. The van der Waals surface area contributed by atoms with Crippen molar-refractivity contribution in [1.82, 2.24) is 9.21 Å². The number of benzene rings is 2. The summed E-state index contributed by atoms with van der Waals surface area (Å²) in [7, 11) is -3.52. The van der Waals surface area contributed by atoms with E-state index in [1.165, 1.54) is 4.31 Å². The van der Waals surface area contributed by atoms with Crippen LogP contribution in [0.1, 0.15) is 37.3 Å². The summed E-state index contributed by atoms with van der Waals surface area (Å²) in [6.45, 7) is 3.27. The van der Waals surface area contributed by atoms with Gasteiger partial charge in [0.05, 0.1) is 11.4 Å². The minimum absolute atomic E-state index is 0.133. The molecule has 3 aliphatic rings. The van der Waals surface area contributed by atoms with Crippen molar-refractivity contribution in [2.45, 2.75) is 36.6 Å². The third-order valence-electron chi connectivity index (χ3n) is 6.48. The van der Waals surface area contributed by atoms with E-state index >= 15 is 0 Å². The molecule has 2 aromatic rings. The summed E-state index contributed by atoms with van der Waals surface area (Å²) in [5.74, 6) is 1.36. The third kappa shape index (κ3) is 4.71. The first-order chi connectivity index (χ1) is 16.0. The maximum absolute atomic E-state index is 12.8. The van der Waals surface area contributed by atoms with E-state index in [9.17, 15) is 13.2 Å².